The summed E-state index contributed by atoms with van der Waals surface area (Å²) in [6.45, 7) is 2.00. The van der Waals surface area contributed by atoms with Gasteiger partial charge < -0.3 is 14.7 Å². The number of ether oxygens (including phenoxy) is 2. The molecular weight excluding hydrogens is 306 g/mol. The number of aromatic nitrogens is 3. The van der Waals surface area contributed by atoms with Crippen molar-refractivity contribution >= 4 is 0 Å². The molecule has 0 aliphatic carbocycles. The van der Waals surface area contributed by atoms with Gasteiger partial charge in [-0.3, -0.25) is 4.98 Å². The lowest BCUT2D eigenvalue weighted by atomic mass is 10.1. The molecule has 0 saturated heterocycles. The molecule has 2 aromatic heterocycles. The van der Waals surface area contributed by atoms with E-state index in [0.29, 0.717) is 35.0 Å². The van der Waals surface area contributed by atoms with Crippen LogP contribution in [0.25, 0.3) is 22.6 Å². The molecule has 6 nitrogen and oxygen atoms in total. The van der Waals surface area contributed by atoms with Crippen LogP contribution in [0.4, 0.5) is 0 Å². The minimum Gasteiger partial charge on any atom is -0.497 e. The number of pyridine rings is 1. The number of aryl methyl sites for hydroxylation is 1. The first-order valence-electron chi connectivity index (χ1n) is 7.63. The van der Waals surface area contributed by atoms with Gasteiger partial charge in [-0.15, -0.1) is 0 Å². The highest BCUT2D eigenvalue weighted by Crippen LogP contribution is 2.35. The van der Waals surface area contributed by atoms with Crippen molar-refractivity contribution in [3.8, 4) is 34.1 Å². The number of methoxy groups -OCH3 is 2. The molecule has 0 bridgehead atoms. The van der Waals surface area contributed by atoms with Crippen molar-refractivity contribution < 1.29 is 14.7 Å². The maximum Gasteiger partial charge on any atom is 0.180 e. The molecule has 0 aliphatic heterocycles. The fourth-order valence-corrected chi connectivity index (χ4v) is 2.65. The van der Waals surface area contributed by atoms with Gasteiger partial charge in [0.25, 0.3) is 0 Å². The van der Waals surface area contributed by atoms with Crippen LogP contribution >= 0.6 is 0 Å². The summed E-state index contributed by atoms with van der Waals surface area (Å²) in [5.74, 6) is 1.68. The number of imidazole rings is 1. The molecule has 124 valence electrons. The Balaban J connectivity index is 2.19. The fraction of sp³-hybridized carbons (Fsp3) is 0.222. The van der Waals surface area contributed by atoms with Gasteiger partial charge in [0.15, 0.2) is 5.82 Å². The van der Waals surface area contributed by atoms with E-state index in [0.717, 1.165) is 16.0 Å². The summed E-state index contributed by atoms with van der Waals surface area (Å²) in [6, 6.07) is 9.11. The lowest BCUT2D eigenvalue weighted by molar-refractivity contribution is 0.195. The molecule has 0 spiro atoms. The highest BCUT2D eigenvalue weighted by atomic mass is 16.5. The predicted octanol–water partition coefficient (Wildman–Crippen LogP) is 3.43. The van der Waals surface area contributed by atoms with Gasteiger partial charge in [-0.05, 0) is 30.7 Å². The summed E-state index contributed by atoms with van der Waals surface area (Å²) in [5, 5.41) is 10.7. The molecule has 6 heteroatoms. The van der Waals surface area contributed by atoms with Crippen LogP contribution < -0.4 is 9.47 Å². The Hall–Kier alpha value is -3.02. The first-order valence-corrected chi connectivity index (χ1v) is 7.63. The Morgan fingerprint density at radius 3 is 2.62 bits per heavy atom. The quantitative estimate of drug-likeness (QED) is 0.728. The molecule has 0 fully saturated rings. The minimum atomic E-state index is 0.421. The minimum absolute atomic E-state index is 0.421. The van der Waals surface area contributed by atoms with Crippen molar-refractivity contribution in [1.29, 1.82) is 0 Å². The lowest BCUT2D eigenvalue weighted by Crippen LogP contribution is -1.99. The van der Waals surface area contributed by atoms with E-state index in [-0.39, 0.29) is 0 Å². The molecule has 3 aromatic rings. The van der Waals surface area contributed by atoms with Crippen LogP contribution in [0, 0.1) is 0 Å². The van der Waals surface area contributed by atoms with Crippen LogP contribution in [-0.4, -0.2) is 34.1 Å². The van der Waals surface area contributed by atoms with Crippen molar-refractivity contribution in [1.82, 2.24) is 14.7 Å². The molecule has 0 amide bonds. The van der Waals surface area contributed by atoms with Crippen molar-refractivity contribution in [3.63, 3.8) is 0 Å². The largest absolute Gasteiger partial charge is 0.497 e. The van der Waals surface area contributed by atoms with Gasteiger partial charge in [-0.2, -0.15) is 4.73 Å². The molecule has 0 atom stereocenters. The molecular formula is C18H19N3O3. The Morgan fingerprint density at radius 2 is 2.00 bits per heavy atom. The highest BCUT2D eigenvalue weighted by molar-refractivity contribution is 5.72. The fourth-order valence-electron chi connectivity index (χ4n) is 2.65. The van der Waals surface area contributed by atoms with E-state index in [9.17, 15) is 5.21 Å². The molecule has 1 N–H and O–H groups in total. The van der Waals surface area contributed by atoms with E-state index in [4.69, 9.17) is 9.47 Å². The summed E-state index contributed by atoms with van der Waals surface area (Å²) in [5.41, 5.74) is 2.92. The van der Waals surface area contributed by atoms with Crippen LogP contribution in [-0.2, 0) is 6.42 Å². The third-order valence-corrected chi connectivity index (χ3v) is 3.85. The average Bonchev–Trinajstić information content (AvgIpc) is 2.98. The zero-order valence-corrected chi connectivity index (χ0v) is 13.9. The van der Waals surface area contributed by atoms with Crippen LogP contribution in [0.15, 0.2) is 42.7 Å². The van der Waals surface area contributed by atoms with Crippen LogP contribution in [0.2, 0.25) is 0 Å². The second kappa shape index (κ2) is 6.62. The average molecular weight is 325 g/mol. The third kappa shape index (κ3) is 2.67. The van der Waals surface area contributed by atoms with Crippen molar-refractivity contribution in [2.75, 3.05) is 14.2 Å². The smallest absolute Gasteiger partial charge is 0.180 e. The monoisotopic (exact) mass is 325 g/mol. The molecule has 0 radical (unpaired) electrons. The van der Waals surface area contributed by atoms with Gasteiger partial charge in [0, 0.05) is 24.0 Å². The van der Waals surface area contributed by atoms with E-state index in [1.807, 2.05) is 31.2 Å². The third-order valence-electron chi connectivity index (χ3n) is 3.85. The summed E-state index contributed by atoms with van der Waals surface area (Å²) in [7, 11) is 3.17. The summed E-state index contributed by atoms with van der Waals surface area (Å²) in [4.78, 5) is 8.73. The first-order chi connectivity index (χ1) is 11.7. The molecule has 0 aliphatic rings. The number of benzene rings is 1. The zero-order valence-electron chi connectivity index (χ0n) is 13.9. The van der Waals surface area contributed by atoms with Gasteiger partial charge in [0.05, 0.1) is 25.5 Å². The lowest BCUT2D eigenvalue weighted by Gasteiger charge is -2.10. The van der Waals surface area contributed by atoms with Gasteiger partial charge >= 0.3 is 0 Å². The second-order valence-corrected chi connectivity index (χ2v) is 5.20. The predicted molar refractivity (Wildman–Crippen MR) is 90.6 cm³/mol. The van der Waals surface area contributed by atoms with Gasteiger partial charge in [-0.1, -0.05) is 6.92 Å². The summed E-state index contributed by atoms with van der Waals surface area (Å²) < 4.78 is 11.7. The van der Waals surface area contributed by atoms with Crippen LogP contribution in [0.1, 0.15) is 12.6 Å². The Labute approximate surface area is 140 Å². The van der Waals surface area contributed by atoms with E-state index >= 15 is 0 Å². The standard InChI is InChI=1S/C18H19N3O3/c1-4-15-17(12-6-5-9-19-11-12)21(22)18(20-15)14-8-7-13(23-2)10-16(14)24-3/h5-11,22H,4H2,1-3H3. The topological polar surface area (TPSA) is 69.4 Å². The number of hydrogen-bond donors (Lipinski definition) is 1. The molecule has 2 heterocycles. The molecule has 0 unspecified atom stereocenters. The zero-order chi connectivity index (χ0) is 17.1. The molecule has 24 heavy (non-hydrogen) atoms. The SMILES string of the molecule is CCc1nc(-c2ccc(OC)cc2OC)n(O)c1-c1cccnc1. The second-order valence-electron chi connectivity index (χ2n) is 5.20. The van der Waals surface area contributed by atoms with Crippen molar-refractivity contribution in [2.24, 2.45) is 0 Å². The van der Waals surface area contributed by atoms with Crippen LogP contribution in [0.5, 0.6) is 11.5 Å². The Bertz CT molecular complexity index is 844. The van der Waals surface area contributed by atoms with Gasteiger partial charge in [-0.25, -0.2) is 4.98 Å². The van der Waals surface area contributed by atoms with E-state index in [1.54, 1.807) is 32.7 Å². The maximum atomic E-state index is 10.7. The van der Waals surface area contributed by atoms with Gasteiger partial charge in [0.1, 0.15) is 17.2 Å². The highest BCUT2D eigenvalue weighted by Gasteiger charge is 2.21. The van der Waals surface area contributed by atoms with Gasteiger partial charge in [0.2, 0.25) is 0 Å². The van der Waals surface area contributed by atoms with E-state index in [2.05, 4.69) is 9.97 Å². The molecule has 1 aromatic carbocycles. The Morgan fingerprint density at radius 1 is 1.17 bits per heavy atom. The number of hydrogen-bond acceptors (Lipinski definition) is 5. The number of rotatable bonds is 5. The summed E-state index contributed by atoms with van der Waals surface area (Å²) in [6.07, 6.45) is 4.09. The Kier molecular flexibility index (Phi) is 4.37. The van der Waals surface area contributed by atoms with Crippen molar-refractivity contribution in [3.05, 3.63) is 48.4 Å². The first kappa shape index (κ1) is 15.9. The van der Waals surface area contributed by atoms with E-state index in [1.165, 1.54) is 0 Å². The molecule has 3 rings (SSSR count). The maximum absolute atomic E-state index is 10.7. The van der Waals surface area contributed by atoms with Crippen molar-refractivity contribution in [2.45, 2.75) is 13.3 Å². The van der Waals surface area contributed by atoms with E-state index < -0.39 is 0 Å². The summed E-state index contributed by atoms with van der Waals surface area (Å²) >= 11 is 0. The normalized spacial score (nSPS) is 10.6. The number of nitrogens with zero attached hydrogens (tertiary/aromatic N) is 3. The van der Waals surface area contributed by atoms with Crippen LogP contribution in [0.3, 0.4) is 0 Å². The molecule has 0 saturated carbocycles.